The SMILES string of the molecule is CCNc1cc(CC(C)C)nc(C2CCCCCC2)n1. The average molecular weight is 275 g/mol. The summed E-state index contributed by atoms with van der Waals surface area (Å²) in [7, 11) is 0. The molecule has 1 aliphatic rings. The molecule has 0 unspecified atom stereocenters. The summed E-state index contributed by atoms with van der Waals surface area (Å²) in [6.45, 7) is 7.54. The van der Waals surface area contributed by atoms with Crippen molar-refractivity contribution < 1.29 is 0 Å². The van der Waals surface area contributed by atoms with E-state index in [1.807, 2.05) is 0 Å². The fraction of sp³-hybridized carbons (Fsp3) is 0.765. The number of aromatic nitrogens is 2. The van der Waals surface area contributed by atoms with Crippen molar-refractivity contribution in [1.29, 1.82) is 0 Å². The fourth-order valence-corrected chi connectivity index (χ4v) is 3.03. The second-order valence-electron chi connectivity index (χ2n) is 6.42. The van der Waals surface area contributed by atoms with Gasteiger partial charge in [-0.3, -0.25) is 0 Å². The molecule has 1 saturated carbocycles. The van der Waals surface area contributed by atoms with Crippen LogP contribution in [0, 0.1) is 5.92 Å². The molecular formula is C17H29N3. The van der Waals surface area contributed by atoms with Crippen LogP contribution in [0.5, 0.6) is 0 Å². The topological polar surface area (TPSA) is 37.8 Å². The van der Waals surface area contributed by atoms with Crippen molar-refractivity contribution >= 4 is 5.82 Å². The zero-order chi connectivity index (χ0) is 14.4. The summed E-state index contributed by atoms with van der Waals surface area (Å²) in [6, 6.07) is 2.13. The van der Waals surface area contributed by atoms with E-state index < -0.39 is 0 Å². The molecule has 1 aromatic rings. The highest BCUT2D eigenvalue weighted by molar-refractivity contribution is 5.36. The third-order valence-corrected chi connectivity index (χ3v) is 3.99. The van der Waals surface area contributed by atoms with Gasteiger partial charge in [0, 0.05) is 24.2 Å². The van der Waals surface area contributed by atoms with E-state index in [1.165, 1.54) is 44.2 Å². The van der Waals surface area contributed by atoms with Gasteiger partial charge in [0.1, 0.15) is 11.6 Å². The highest BCUT2D eigenvalue weighted by Gasteiger charge is 2.18. The largest absolute Gasteiger partial charge is 0.370 e. The summed E-state index contributed by atoms with van der Waals surface area (Å²) in [5.74, 6) is 3.31. The van der Waals surface area contributed by atoms with Crippen molar-refractivity contribution in [2.75, 3.05) is 11.9 Å². The number of anilines is 1. The van der Waals surface area contributed by atoms with Crippen molar-refractivity contribution in [3.63, 3.8) is 0 Å². The lowest BCUT2D eigenvalue weighted by Crippen LogP contribution is -2.11. The number of nitrogens with one attached hydrogen (secondary N) is 1. The van der Waals surface area contributed by atoms with Gasteiger partial charge in [-0.15, -0.1) is 0 Å². The predicted octanol–water partition coefficient (Wildman–Crippen LogP) is 4.54. The molecule has 0 aromatic carbocycles. The Morgan fingerprint density at radius 1 is 1.15 bits per heavy atom. The summed E-state index contributed by atoms with van der Waals surface area (Å²) in [5.41, 5.74) is 1.20. The van der Waals surface area contributed by atoms with Gasteiger partial charge in [0.15, 0.2) is 0 Å². The normalized spacial score (nSPS) is 17.2. The molecule has 20 heavy (non-hydrogen) atoms. The summed E-state index contributed by atoms with van der Waals surface area (Å²) >= 11 is 0. The minimum absolute atomic E-state index is 0.571. The Balaban J connectivity index is 2.22. The molecule has 0 atom stereocenters. The second-order valence-corrected chi connectivity index (χ2v) is 6.42. The van der Waals surface area contributed by atoms with Crippen LogP contribution in [0.2, 0.25) is 0 Å². The van der Waals surface area contributed by atoms with Crippen LogP contribution in [0.1, 0.15) is 76.7 Å². The van der Waals surface area contributed by atoms with Crippen molar-refractivity contribution in [2.24, 2.45) is 5.92 Å². The molecule has 1 fully saturated rings. The molecular weight excluding hydrogens is 246 g/mol. The maximum absolute atomic E-state index is 4.87. The van der Waals surface area contributed by atoms with Gasteiger partial charge in [-0.2, -0.15) is 0 Å². The smallest absolute Gasteiger partial charge is 0.134 e. The van der Waals surface area contributed by atoms with Crippen LogP contribution in [0.4, 0.5) is 5.82 Å². The van der Waals surface area contributed by atoms with Crippen LogP contribution >= 0.6 is 0 Å². The molecule has 0 saturated heterocycles. The van der Waals surface area contributed by atoms with Crippen LogP contribution in [-0.4, -0.2) is 16.5 Å². The number of rotatable bonds is 5. The van der Waals surface area contributed by atoms with Crippen LogP contribution in [-0.2, 0) is 6.42 Å². The molecule has 0 aliphatic heterocycles. The maximum Gasteiger partial charge on any atom is 0.134 e. The number of hydrogen-bond donors (Lipinski definition) is 1. The van der Waals surface area contributed by atoms with Gasteiger partial charge in [0.25, 0.3) is 0 Å². The van der Waals surface area contributed by atoms with E-state index in [1.54, 1.807) is 0 Å². The first kappa shape index (κ1) is 15.3. The van der Waals surface area contributed by atoms with Gasteiger partial charge in [0.2, 0.25) is 0 Å². The first-order chi connectivity index (χ1) is 9.69. The quantitative estimate of drug-likeness (QED) is 0.801. The van der Waals surface area contributed by atoms with Gasteiger partial charge < -0.3 is 5.32 Å². The van der Waals surface area contributed by atoms with E-state index in [-0.39, 0.29) is 0 Å². The molecule has 3 heteroatoms. The molecule has 0 radical (unpaired) electrons. The van der Waals surface area contributed by atoms with E-state index >= 15 is 0 Å². The summed E-state index contributed by atoms with van der Waals surface area (Å²) in [4.78, 5) is 9.64. The molecule has 0 amide bonds. The molecule has 1 N–H and O–H groups in total. The highest BCUT2D eigenvalue weighted by Crippen LogP contribution is 2.30. The first-order valence-corrected chi connectivity index (χ1v) is 8.30. The van der Waals surface area contributed by atoms with Gasteiger partial charge in [-0.05, 0) is 32.1 Å². The van der Waals surface area contributed by atoms with Crippen LogP contribution in [0.3, 0.4) is 0 Å². The Kier molecular flexibility index (Phi) is 5.81. The van der Waals surface area contributed by atoms with Crippen LogP contribution < -0.4 is 5.32 Å². The zero-order valence-corrected chi connectivity index (χ0v) is 13.3. The van der Waals surface area contributed by atoms with Crippen molar-refractivity contribution in [3.8, 4) is 0 Å². The minimum atomic E-state index is 0.571. The number of nitrogens with zero attached hydrogens (tertiary/aromatic N) is 2. The minimum Gasteiger partial charge on any atom is -0.370 e. The zero-order valence-electron chi connectivity index (χ0n) is 13.3. The molecule has 3 nitrogen and oxygen atoms in total. The van der Waals surface area contributed by atoms with Gasteiger partial charge in [-0.1, -0.05) is 39.5 Å². The Labute approximate surface area is 123 Å². The summed E-state index contributed by atoms with van der Waals surface area (Å²) in [6.07, 6.45) is 8.98. The third-order valence-electron chi connectivity index (χ3n) is 3.99. The monoisotopic (exact) mass is 275 g/mol. The molecule has 1 aromatic heterocycles. The first-order valence-electron chi connectivity index (χ1n) is 8.30. The maximum atomic E-state index is 4.87. The lowest BCUT2D eigenvalue weighted by atomic mass is 9.99. The molecule has 1 aliphatic carbocycles. The van der Waals surface area contributed by atoms with Crippen molar-refractivity contribution in [3.05, 3.63) is 17.6 Å². The fourth-order valence-electron chi connectivity index (χ4n) is 3.03. The third kappa shape index (κ3) is 4.46. The lowest BCUT2D eigenvalue weighted by Gasteiger charge is -2.16. The van der Waals surface area contributed by atoms with Crippen LogP contribution in [0.15, 0.2) is 6.07 Å². The van der Waals surface area contributed by atoms with E-state index in [2.05, 4.69) is 32.2 Å². The van der Waals surface area contributed by atoms with Gasteiger partial charge in [0.05, 0.1) is 0 Å². The molecule has 1 heterocycles. The Hall–Kier alpha value is -1.12. The number of hydrogen-bond acceptors (Lipinski definition) is 3. The highest BCUT2D eigenvalue weighted by atomic mass is 15.0. The Bertz CT molecular complexity index is 407. The molecule has 2 rings (SSSR count). The van der Waals surface area contributed by atoms with Gasteiger partial charge >= 0.3 is 0 Å². The van der Waals surface area contributed by atoms with Crippen molar-refractivity contribution in [1.82, 2.24) is 9.97 Å². The Morgan fingerprint density at radius 2 is 1.85 bits per heavy atom. The summed E-state index contributed by atoms with van der Waals surface area (Å²) in [5, 5.41) is 3.37. The average Bonchev–Trinajstić information content (AvgIpc) is 2.66. The van der Waals surface area contributed by atoms with Crippen LogP contribution in [0.25, 0.3) is 0 Å². The molecule has 0 bridgehead atoms. The van der Waals surface area contributed by atoms with Gasteiger partial charge in [-0.25, -0.2) is 9.97 Å². The van der Waals surface area contributed by atoms with E-state index in [9.17, 15) is 0 Å². The lowest BCUT2D eigenvalue weighted by molar-refractivity contribution is 0.552. The summed E-state index contributed by atoms with van der Waals surface area (Å²) < 4.78 is 0. The molecule has 0 spiro atoms. The Morgan fingerprint density at radius 3 is 2.45 bits per heavy atom. The standard InChI is InChI=1S/C17H29N3/c1-4-18-16-12-15(11-13(2)3)19-17(20-16)14-9-7-5-6-8-10-14/h12-14H,4-11H2,1-3H3,(H,18,19,20). The van der Waals surface area contributed by atoms with E-state index in [0.717, 1.165) is 24.6 Å². The van der Waals surface area contributed by atoms with Crippen molar-refractivity contribution in [2.45, 2.75) is 71.6 Å². The molecule has 112 valence electrons. The van der Waals surface area contributed by atoms with E-state index in [4.69, 9.17) is 9.97 Å². The predicted molar refractivity (Wildman–Crippen MR) is 85.2 cm³/mol. The second kappa shape index (κ2) is 7.61. The van der Waals surface area contributed by atoms with E-state index in [0.29, 0.717) is 11.8 Å².